The molecular weight excluding hydrogens is 247 g/mol. The summed E-state index contributed by atoms with van der Waals surface area (Å²) in [5.74, 6) is 0. The van der Waals surface area contributed by atoms with Gasteiger partial charge in [-0.1, -0.05) is 12.7 Å². The highest BCUT2D eigenvalue weighted by atomic mass is 19.4. The molecule has 0 atom stereocenters. The van der Waals surface area contributed by atoms with E-state index in [4.69, 9.17) is 0 Å². The van der Waals surface area contributed by atoms with Gasteiger partial charge >= 0.3 is 6.18 Å². The molecule has 0 N–H and O–H groups in total. The lowest BCUT2D eigenvalue weighted by molar-refractivity contribution is -0.266. The van der Waals surface area contributed by atoms with E-state index in [1.807, 2.05) is 0 Å². The SMILES string of the molecule is C=Cc1cc2c(cc1C(F)(F)F)CN(C(=O)[O-])C2. The lowest BCUT2D eigenvalue weighted by Gasteiger charge is -2.17. The fraction of sp³-hybridized carbons (Fsp3) is 0.250. The summed E-state index contributed by atoms with van der Waals surface area (Å²) in [6, 6.07) is 2.31. The van der Waals surface area contributed by atoms with E-state index in [0.29, 0.717) is 11.1 Å². The van der Waals surface area contributed by atoms with Gasteiger partial charge in [0.15, 0.2) is 0 Å². The van der Waals surface area contributed by atoms with Crippen LogP contribution in [0.2, 0.25) is 0 Å². The zero-order valence-electron chi connectivity index (χ0n) is 9.25. The third-order valence-corrected chi connectivity index (χ3v) is 2.88. The smallest absolute Gasteiger partial charge is 0.416 e. The molecule has 2 rings (SSSR count). The van der Waals surface area contributed by atoms with Crippen LogP contribution in [0.4, 0.5) is 18.0 Å². The Hall–Kier alpha value is -1.98. The van der Waals surface area contributed by atoms with Crippen molar-refractivity contribution in [2.75, 3.05) is 0 Å². The van der Waals surface area contributed by atoms with Crippen molar-refractivity contribution >= 4 is 12.2 Å². The average Bonchev–Trinajstić information content (AvgIpc) is 2.68. The maximum absolute atomic E-state index is 12.8. The van der Waals surface area contributed by atoms with Crippen LogP contribution in [0.25, 0.3) is 6.08 Å². The molecule has 1 aromatic rings. The van der Waals surface area contributed by atoms with E-state index in [0.717, 1.165) is 17.0 Å². The van der Waals surface area contributed by atoms with E-state index in [1.54, 1.807) is 0 Å². The maximum atomic E-state index is 12.8. The van der Waals surface area contributed by atoms with Crippen molar-refractivity contribution in [3.8, 4) is 0 Å². The van der Waals surface area contributed by atoms with Gasteiger partial charge in [0.25, 0.3) is 0 Å². The number of alkyl halides is 3. The summed E-state index contributed by atoms with van der Waals surface area (Å²) >= 11 is 0. The maximum Gasteiger partial charge on any atom is 0.416 e. The summed E-state index contributed by atoms with van der Waals surface area (Å²) < 4.78 is 38.3. The normalized spacial score (nSPS) is 14.5. The Morgan fingerprint density at radius 3 is 2.33 bits per heavy atom. The minimum Gasteiger partial charge on any atom is -0.530 e. The number of carboxylic acid groups (broad SMARTS) is 1. The lowest BCUT2D eigenvalue weighted by atomic mass is 9.99. The fourth-order valence-corrected chi connectivity index (χ4v) is 2.01. The fourth-order valence-electron chi connectivity index (χ4n) is 2.01. The molecule has 1 aliphatic heterocycles. The molecule has 0 unspecified atom stereocenters. The van der Waals surface area contributed by atoms with Crippen molar-refractivity contribution in [3.63, 3.8) is 0 Å². The second kappa shape index (κ2) is 4.04. The second-order valence-electron chi connectivity index (χ2n) is 4.03. The van der Waals surface area contributed by atoms with Crippen LogP contribution in [-0.4, -0.2) is 11.0 Å². The molecule has 0 spiro atoms. The molecule has 0 aliphatic carbocycles. The number of halogens is 3. The number of hydrogen-bond acceptors (Lipinski definition) is 2. The van der Waals surface area contributed by atoms with Crippen LogP contribution in [0.1, 0.15) is 22.3 Å². The number of fused-ring (bicyclic) bond motifs is 1. The third kappa shape index (κ3) is 2.05. The Bertz CT molecular complexity index is 523. The molecule has 1 amide bonds. The summed E-state index contributed by atoms with van der Waals surface area (Å²) in [5.41, 5.74) is 0.0807. The zero-order valence-corrected chi connectivity index (χ0v) is 9.25. The summed E-state index contributed by atoms with van der Waals surface area (Å²) in [6.07, 6.45) is -4.75. The van der Waals surface area contributed by atoms with Crippen LogP contribution in [-0.2, 0) is 19.3 Å². The van der Waals surface area contributed by atoms with Gasteiger partial charge in [0.05, 0.1) is 5.56 Å². The summed E-state index contributed by atoms with van der Waals surface area (Å²) in [6.45, 7) is 3.32. The third-order valence-electron chi connectivity index (χ3n) is 2.88. The van der Waals surface area contributed by atoms with Gasteiger partial charge in [-0.25, -0.2) is 0 Å². The van der Waals surface area contributed by atoms with E-state index in [2.05, 4.69) is 6.58 Å². The van der Waals surface area contributed by atoms with Gasteiger partial charge in [0.2, 0.25) is 0 Å². The van der Waals surface area contributed by atoms with Gasteiger partial charge in [-0.2, -0.15) is 13.2 Å². The Kier molecular flexibility index (Phi) is 2.80. The molecule has 1 aromatic carbocycles. The number of benzene rings is 1. The number of carbonyl (C=O) groups is 1. The van der Waals surface area contributed by atoms with Crippen molar-refractivity contribution in [1.29, 1.82) is 0 Å². The first-order chi connectivity index (χ1) is 8.32. The van der Waals surface area contributed by atoms with Crippen LogP contribution < -0.4 is 5.11 Å². The highest BCUT2D eigenvalue weighted by Gasteiger charge is 2.34. The molecule has 0 aromatic heterocycles. The quantitative estimate of drug-likeness (QED) is 0.771. The predicted octanol–water partition coefficient (Wildman–Crippen LogP) is 2.01. The first-order valence-corrected chi connectivity index (χ1v) is 5.14. The zero-order chi connectivity index (χ0) is 13.5. The summed E-state index contributed by atoms with van der Waals surface area (Å²) in [4.78, 5) is 11.6. The monoisotopic (exact) mass is 256 g/mol. The highest BCUT2D eigenvalue weighted by molar-refractivity contribution is 5.65. The van der Waals surface area contributed by atoms with Gasteiger partial charge in [-0.3, -0.25) is 0 Å². The molecular formula is C12H9F3NO2-. The van der Waals surface area contributed by atoms with Crippen LogP contribution in [0.5, 0.6) is 0 Å². The van der Waals surface area contributed by atoms with Gasteiger partial charge in [-0.15, -0.1) is 0 Å². The van der Waals surface area contributed by atoms with Gasteiger partial charge in [-0.05, 0) is 28.8 Å². The Balaban J connectivity index is 2.48. The van der Waals surface area contributed by atoms with E-state index in [-0.39, 0.29) is 18.7 Å². The number of hydrogen-bond donors (Lipinski definition) is 0. The molecule has 3 nitrogen and oxygen atoms in total. The predicted molar refractivity (Wildman–Crippen MR) is 56.2 cm³/mol. The lowest BCUT2D eigenvalue weighted by Crippen LogP contribution is -2.37. The van der Waals surface area contributed by atoms with Gasteiger partial charge in [0.1, 0.15) is 6.09 Å². The molecule has 0 saturated heterocycles. The highest BCUT2D eigenvalue weighted by Crippen LogP contribution is 2.36. The van der Waals surface area contributed by atoms with Crippen molar-refractivity contribution in [2.45, 2.75) is 19.3 Å². The average molecular weight is 256 g/mol. The molecule has 1 aliphatic rings. The van der Waals surface area contributed by atoms with E-state index < -0.39 is 17.8 Å². The summed E-state index contributed by atoms with van der Waals surface area (Å²) in [5, 5.41) is 10.7. The van der Waals surface area contributed by atoms with Gasteiger partial charge < -0.3 is 14.8 Å². The number of carbonyl (C=O) groups excluding carboxylic acids is 1. The minimum absolute atomic E-state index is 0.0403. The standard InChI is InChI=1S/C12H10F3NO2/c1-2-7-3-8-5-16(11(17)18)6-9(8)4-10(7)12(13,14)15/h2-4H,1,5-6H2,(H,17,18)/p-1. The Morgan fingerprint density at radius 1 is 1.33 bits per heavy atom. The molecule has 0 radical (unpaired) electrons. The number of nitrogens with zero attached hydrogens (tertiary/aromatic N) is 1. The molecule has 1 heterocycles. The second-order valence-corrected chi connectivity index (χ2v) is 4.03. The van der Waals surface area contributed by atoms with E-state index in [9.17, 15) is 23.1 Å². The van der Waals surface area contributed by atoms with Crippen LogP contribution in [0.3, 0.4) is 0 Å². The molecule has 0 saturated carbocycles. The van der Waals surface area contributed by atoms with E-state index in [1.165, 1.54) is 6.07 Å². The largest absolute Gasteiger partial charge is 0.530 e. The van der Waals surface area contributed by atoms with Crippen LogP contribution in [0.15, 0.2) is 18.7 Å². The first-order valence-electron chi connectivity index (χ1n) is 5.14. The van der Waals surface area contributed by atoms with E-state index >= 15 is 0 Å². The summed E-state index contributed by atoms with van der Waals surface area (Å²) in [7, 11) is 0. The van der Waals surface area contributed by atoms with Crippen molar-refractivity contribution in [3.05, 3.63) is 41.0 Å². The molecule has 96 valence electrons. The molecule has 0 fully saturated rings. The molecule has 0 bridgehead atoms. The van der Waals surface area contributed by atoms with Crippen molar-refractivity contribution in [2.24, 2.45) is 0 Å². The topological polar surface area (TPSA) is 43.4 Å². The number of amides is 1. The minimum atomic E-state index is -4.48. The number of rotatable bonds is 1. The molecule has 18 heavy (non-hydrogen) atoms. The Morgan fingerprint density at radius 2 is 1.89 bits per heavy atom. The van der Waals surface area contributed by atoms with Crippen molar-refractivity contribution < 1.29 is 23.1 Å². The van der Waals surface area contributed by atoms with Crippen molar-refractivity contribution in [1.82, 2.24) is 4.90 Å². The first kappa shape index (κ1) is 12.5. The Labute approximate surface area is 101 Å². The van der Waals surface area contributed by atoms with Gasteiger partial charge in [0, 0.05) is 13.1 Å². The van der Waals surface area contributed by atoms with Crippen LogP contribution in [0, 0.1) is 0 Å². The molecule has 6 heteroatoms. The van der Waals surface area contributed by atoms with Crippen LogP contribution >= 0.6 is 0 Å².